The molecular weight excluding hydrogens is 158 g/mol. The molecule has 0 aromatic rings. The molecule has 1 aliphatic carbocycles. The largest absolute Gasteiger partial charge is 0.196 e. The smallest absolute Gasteiger partial charge is 0.136 e. The van der Waals surface area contributed by atoms with Gasteiger partial charge in [0.1, 0.15) is 4.87 Å². The number of nitrogens with zero attached hydrogens (tertiary/aromatic N) is 1. The number of hydrogen-bond acceptors (Lipinski definition) is 1. The fraction of sp³-hybridized carbons (Fsp3) is 0.889. The highest BCUT2D eigenvalue weighted by Crippen LogP contribution is 2.47. The lowest BCUT2D eigenvalue weighted by atomic mass is 9.69. The second-order valence-corrected chi connectivity index (χ2v) is 4.65. The van der Waals surface area contributed by atoms with Crippen LogP contribution in [0, 0.1) is 16.7 Å². The first-order valence-electron chi connectivity index (χ1n) is 4.12. The van der Waals surface area contributed by atoms with Crippen molar-refractivity contribution in [2.24, 2.45) is 5.41 Å². The van der Waals surface area contributed by atoms with Crippen molar-refractivity contribution >= 4 is 11.6 Å². The molecule has 0 N–H and O–H groups in total. The van der Waals surface area contributed by atoms with Gasteiger partial charge in [-0.1, -0.05) is 26.7 Å². The van der Waals surface area contributed by atoms with Crippen LogP contribution in [0.4, 0.5) is 0 Å². The van der Waals surface area contributed by atoms with E-state index in [9.17, 15) is 0 Å². The first-order chi connectivity index (χ1) is 5.02. The van der Waals surface area contributed by atoms with Gasteiger partial charge in [0.25, 0.3) is 0 Å². The molecule has 1 saturated carbocycles. The summed E-state index contributed by atoms with van der Waals surface area (Å²) in [7, 11) is 0. The summed E-state index contributed by atoms with van der Waals surface area (Å²) in [6.45, 7) is 4.17. The van der Waals surface area contributed by atoms with Crippen LogP contribution in [0.15, 0.2) is 0 Å². The minimum absolute atomic E-state index is 0.0123. The molecule has 62 valence electrons. The first kappa shape index (κ1) is 8.87. The van der Waals surface area contributed by atoms with E-state index in [4.69, 9.17) is 16.9 Å². The minimum atomic E-state index is -0.606. The normalized spacial score (nSPS) is 36.2. The monoisotopic (exact) mass is 171 g/mol. The molecule has 0 aliphatic heterocycles. The number of hydrogen-bond donors (Lipinski definition) is 0. The van der Waals surface area contributed by atoms with Gasteiger partial charge in [0, 0.05) is 0 Å². The Labute approximate surface area is 73.3 Å². The molecule has 0 radical (unpaired) electrons. The third-order valence-corrected chi connectivity index (χ3v) is 3.61. The van der Waals surface area contributed by atoms with E-state index in [2.05, 4.69) is 19.9 Å². The summed E-state index contributed by atoms with van der Waals surface area (Å²) in [5, 5.41) is 8.90. The second kappa shape index (κ2) is 2.68. The average molecular weight is 172 g/mol. The summed E-state index contributed by atoms with van der Waals surface area (Å²) in [4.78, 5) is -0.606. The lowest BCUT2D eigenvalue weighted by Crippen LogP contribution is -2.40. The van der Waals surface area contributed by atoms with Crippen LogP contribution in [0.25, 0.3) is 0 Å². The van der Waals surface area contributed by atoms with E-state index in [1.54, 1.807) is 0 Å². The molecule has 2 heteroatoms. The Bertz CT molecular complexity index is 192. The molecule has 0 saturated heterocycles. The van der Waals surface area contributed by atoms with Gasteiger partial charge in [0.2, 0.25) is 0 Å². The van der Waals surface area contributed by atoms with Crippen LogP contribution in [0.1, 0.15) is 39.5 Å². The van der Waals surface area contributed by atoms with Gasteiger partial charge in [-0.2, -0.15) is 5.26 Å². The van der Waals surface area contributed by atoms with Crippen LogP contribution in [0.5, 0.6) is 0 Å². The van der Waals surface area contributed by atoms with Gasteiger partial charge < -0.3 is 0 Å². The molecule has 11 heavy (non-hydrogen) atoms. The van der Waals surface area contributed by atoms with Crippen LogP contribution < -0.4 is 0 Å². The Kier molecular flexibility index (Phi) is 2.16. The number of alkyl halides is 1. The van der Waals surface area contributed by atoms with Crippen molar-refractivity contribution in [1.29, 1.82) is 5.26 Å². The molecule has 0 bridgehead atoms. The molecular formula is C9H14ClN. The van der Waals surface area contributed by atoms with Crippen LogP contribution in [0.2, 0.25) is 0 Å². The minimum Gasteiger partial charge on any atom is -0.196 e. The van der Waals surface area contributed by atoms with Gasteiger partial charge in [-0.15, -0.1) is 11.6 Å². The molecule has 1 rings (SSSR count). The summed E-state index contributed by atoms with van der Waals surface area (Å²) in [6.07, 6.45) is 4.23. The molecule has 1 unspecified atom stereocenters. The highest BCUT2D eigenvalue weighted by molar-refractivity contribution is 6.26. The first-order valence-corrected chi connectivity index (χ1v) is 4.50. The molecule has 1 aliphatic rings. The number of halogens is 1. The van der Waals surface area contributed by atoms with E-state index < -0.39 is 4.87 Å². The summed E-state index contributed by atoms with van der Waals surface area (Å²) in [5.74, 6) is 0. The Balaban J connectivity index is 2.85. The van der Waals surface area contributed by atoms with Gasteiger partial charge in [0.05, 0.1) is 6.07 Å². The zero-order chi connectivity index (χ0) is 8.54. The average Bonchev–Trinajstić information content (AvgIpc) is 1.95. The predicted octanol–water partition coefficient (Wildman–Crippen LogP) is 3.09. The molecule has 1 atom stereocenters. The Morgan fingerprint density at radius 1 is 1.27 bits per heavy atom. The lowest BCUT2D eigenvalue weighted by Gasteiger charge is -2.40. The molecule has 0 amide bonds. The summed E-state index contributed by atoms with van der Waals surface area (Å²) >= 11 is 6.19. The highest BCUT2D eigenvalue weighted by Gasteiger charge is 2.45. The maximum Gasteiger partial charge on any atom is 0.136 e. The molecule has 1 fully saturated rings. The van der Waals surface area contributed by atoms with Crippen molar-refractivity contribution in [3.8, 4) is 6.07 Å². The number of rotatable bonds is 0. The van der Waals surface area contributed by atoms with Crippen LogP contribution in [-0.2, 0) is 0 Å². The maximum atomic E-state index is 8.90. The van der Waals surface area contributed by atoms with Gasteiger partial charge in [0.15, 0.2) is 0 Å². The highest BCUT2D eigenvalue weighted by atomic mass is 35.5. The van der Waals surface area contributed by atoms with Crippen LogP contribution in [0.3, 0.4) is 0 Å². The van der Waals surface area contributed by atoms with E-state index >= 15 is 0 Å². The zero-order valence-corrected chi connectivity index (χ0v) is 7.91. The van der Waals surface area contributed by atoms with Crippen molar-refractivity contribution in [1.82, 2.24) is 0 Å². The quantitative estimate of drug-likeness (QED) is 0.514. The Hall–Kier alpha value is -0.220. The second-order valence-electron chi connectivity index (χ2n) is 4.00. The standard InChI is InChI=1S/C9H14ClN/c1-8(2)5-3-4-6-9(8,10)7-11/h3-6H2,1-2H3. The molecule has 1 nitrogen and oxygen atoms in total. The van der Waals surface area contributed by atoms with Crippen LogP contribution >= 0.6 is 11.6 Å². The topological polar surface area (TPSA) is 23.8 Å². The third kappa shape index (κ3) is 1.37. The van der Waals surface area contributed by atoms with Gasteiger partial charge >= 0.3 is 0 Å². The van der Waals surface area contributed by atoms with E-state index in [1.807, 2.05) is 0 Å². The van der Waals surface area contributed by atoms with Gasteiger partial charge in [-0.25, -0.2) is 0 Å². The molecule has 0 aromatic heterocycles. The van der Waals surface area contributed by atoms with E-state index in [1.165, 1.54) is 6.42 Å². The fourth-order valence-corrected chi connectivity index (χ4v) is 1.91. The fourth-order valence-electron chi connectivity index (χ4n) is 1.68. The van der Waals surface area contributed by atoms with Crippen molar-refractivity contribution < 1.29 is 0 Å². The molecule has 0 heterocycles. The molecule has 0 aromatic carbocycles. The van der Waals surface area contributed by atoms with Crippen molar-refractivity contribution in [3.05, 3.63) is 0 Å². The SMILES string of the molecule is CC1(C)CCCCC1(Cl)C#N. The summed E-state index contributed by atoms with van der Waals surface area (Å²) < 4.78 is 0. The van der Waals surface area contributed by atoms with E-state index in [0.717, 1.165) is 19.3 Å². The van der Waals surface area contributed by atoms with Crippen molar-refractivity contribution in [2.45, 2.75) is 44.4 Å². The van der Waals surface area contributed by atoms with E-state index in [0.29, 0.717) is 0 Å². The van der Waals surface area contributed by atoms with Gasteiger partial charge in [-0.05, 0) is 18.3 Å². The Morgan fingerprint density at radius 2 is 1.82 bits per heavy atom. The zero-order valence-electron chi connectivity index (χ0n) is 7.15. The number of nitriles is 1. The Morgan fingerprint density at radius 3 is 2.18 bits per heavy atom. The van der Waals surface area contributed by atoms with Gasteiger partial charge in [-0.3, -0.25) is 0 Å². The lowest BCUT2D eigenvalue weighted by molar-refractivity contribution is 0.206. The predicted molar refractivity (Wildman–Crippen MR) is 46.4 cm³/mol. The van der Waals surface area contributed by atoms with Crippen LogP contribution in [-0.4, -0.2) is 4.87 Å². The van der Waals surface area contributed by atoms with Crippen molar-refractivity contribution in [3.63, 3.8) is 0 Å². The summed E-state index contributed by atoms with van der Waals surface area (Å²) in [5.41, 5.74) is -0.0123. The summed E-state index contributed by atoms with van der Waals surface area (Å²) in [6, 6.07) is 2.24. The molecule has 0 spiro atoms. The van der Waals surface area contributed by atoms with Crippen molar-refractivity contribution in [2.75, 3.05) is 0 Å². The van der Waals surface area contributed by atoms with E-state index in [-0.39, 0.29) is 5.41 Å². The third-order valence-electron chi connectivity index (χ3n) is 2.82. The maximum absolute atomic E-state index is 8.90.